The lowest BCUT2D eigenvalue weighted by molar-refractivity contribution is 0.192. The van der Waals surface area contributed by atoms with Gasteiger partial charge < -0.3 is 20.3 Å². The predicted octanol–water partition coefficient (Wildman–Crippen LogP) is 7.33. The first-order valence-electron chi connectivity index (χ1n) is 12.0. The summed E-state index contributed by atoms with van der Waals surface area (Å²) in [4.78, 5) is 2.62. The maximum absolute atomic E-state index is 5.90. The van der Waals surface area contributed by atoms with Crippen LogP contribution in [0.15, 0.2) is 47.8 Å². The number of benzene rings is 2. The second kappa shape index (κ2) is 10.9. The molecule has 0 atom stereocenters. The fraction of sp³-hybridized carbons (Fsp3) is 0.444. The molecule has 0 bridgehead atoms. The molecule has 2 heterocycles. The number of para-hydroxylation sites is 2. The van der Waals surface area contributed by atoms with E-state index < -0.39 is 0 Å². The van der Waals surface area contributed by atoms with Gasteiger partial charge in [0.25, 0.3) is 0 Å². The maximum Gasteiger partial charge on any atom is 0.175 e. The van der Waals surface area contributed by atoms with Crippen molar-refractivity contribution in [2.45, 2.75) is 52.6 Å². The van der Waals surface area contributed by atoms with Crippen molar-refractivity contribution in [3.8, 4) is 5.75 Å². The smallest absolute Gasteiger partial charge is 0.175 e. The van der Waals surface area contributed by atoms with Crippen molar-refractivity contribution in [3.63, 3.8) is 0 Å². The van der Waals surface area contributed by atoms with Crippen molar-refractivity contribution >= 4 is 50.1 Å². The summed E-state index contributed by atoms with van der Waals surface area (Å²) in [6.45, 7) is 12.3. The first kappa shape index (κ1) is 24.0. The molecule has 0 unspecified atom stereocenters. The number of thiophene rings is 1. The molecule has 0 saturated carbocycles. The number of thiocarbonyl (C=S) groups is 1. The number of hydrogen-bond acceptors (Lipinski definition) is 4. The molecule has 6 heteroatoms. The van der Waals surface area contributed by atoms with E-state index in [-0.39, 0.29) is 6.10 Å². The zero-order valence-electron chi connectivity index (χ0n) is 20.1. The molecule has 1 aliphatic heterocycles. The molecule has 1 saturated heterocycles. The normalized spacial score (nSPS) is 15.3. The number of fused-ring (bicyclic) bond motifs is 1. The second-order valence-electron chi connectivity index (χ2n) is 9.61. The summed E-state index contributed by atoms with van der Waals surface area (Å²) in [5.41, 5.74) is 3.38. The van der Waals surface area contributed by atoms with Crippen molar-refractivity contribution in [1.29, 1.82) is 0 Å². The average molecular weight is 482 g/mol. The van der Waals surface area contributed by atoms with Crippen molar-refractivity contribution in [2.24, 2.45) is 5.92 Å². The molecule has 4 rings (SSSR count). The Labute approximate surface area is 207 Å². The first-order valence-corrected chi connectivity index (χ1v) is 13.2. The van der Waals surface area contributed by atoms with Gasteiger partial charge in [-0.2, -0.15) is 0 Å². The number of nitrogens with one attached hydrogen (secondary N) is 2. The molecule has 0 amide bonds. The highest BCUT2D eigenvalue weighted by Crippen LogP contribution is 2.38. The van der Waals surface area contributed by atoms with Gasteiger partial charge in [-0.1, -0.05) is 26.0 Å². The average Bonchev–Trinajstić information content (AvgIpc) is 3.18. The number of ether oxygens (including phenoxy) is 1. The standard InChI is InChI=1S/C27H35N3OS2/c1-18(2)16-30-13-11-20(12-14-30)23-17-33-26-10-9-21(15-22(23)26)28-27(32)29-24-7-5-6-8-25(24)31-19(3)4/h5-10,15,17-20H,11-14,16H2,1-4H3,(H2,28,29,32). The zero-order valence-corrected chi connectivity index (χ0v) is 21.7. The van der Waals surface area contributed by atoms with E-state index >= 15 is 0 Å². The third-order valence-electron chi connectivity index (χ3n) is 6.01. The fourth-order valence-electron chi connectivity index (χ4n) is 4.60. The Morgan fingerprint density at radius 1 is 1.09 bits per heavy atom. The van der Waals surface area contributed by atoms with Crippen LogP contribution in [0.4, 0.5) is 11.4 Å². The van der Waals surface area contributed by atoms with Crippen molar-refractivity contribution in [1.82, 2.24) is 4.90 Å². The van der Waals surface area contributed by atoms with Gasteiger partial charge in [-0.25, -0.2) is 0 Å². The highest BCUT2D eigenvalue weighted by atomic mass is 32.1. The summed E-state index contributed by atoms with van der Waals surface area (Å²) in [6.07, 6.45) is 2.58. The molecule has 2 aromatic carbocycles. The third-order valence-corrected chi connectivity index (χ3v) is 7.20. The van der Waals surface area contributed by atoms with Crippen LogP contribution in [-0.4, -0.2) is 35.8 Å². The topological polar surface area (TPSA) is 36.5 Å². The molecule has 1 fully saturated rings. The van der Waals surface area contributed by atoms with E-state index in [1.54, 1.807) is 0 Å². The zero-order chi connectivity index (χ0) is 23.4. The monoisotopic (exact) mass is 481 g/mol. The molecule has 176 valence electrons. The van der Waals surface area contributed by atoms with Crippen LogP contribution in [0.5, 0.6) is 5.75 Å². The van der Waals surface area contributed by atoms with Crippen molar-refractivity contribution in [3.05, 3.63) is 53.4 Å². The molecular formula is C27H35N3OS2. The minimum Gasteiger partial charge on any atom is -0.489 e. The van der Waals surface area contributed by atoms with Crippen LogP contribution in [0.2, 0.25) is 0 Å². The Hall–Kier alpha value is -2.15. The number of anilines is 2. The Morgan fingerprint density at radius 2 is 1.85 bits per heavy atom. The summed E-state index contributed by atoms with van der Waals surface area (Å²) in [7, 11) is 0. The molecule has 0 aliphatic carbocycles. The fourth-order valence-corrected chi connectivity index (χ4v) is 5.85. The van der Waals surface area contributed by atoms with Crippen LogP contribution in [-0.2, 0) is 0 Å². The minimum absolute atomic E-state index is 0.103. The third kappa shape index (κ3) is 6.25. The molecule has 33 heavy (non-hydrogen) atoms. The van der Waals surface area contributed by atoms with Gasteiger partial charge in [-0.15, -0.1) is 11.3 Å². The van der Waals surface area contributed by atoms with E-state index in [0.29, 0.717) is 11.0 Å². The quantitative estimate of drug-likeness (QED) is 0.345. The Morgan fingerprint density at radius 3 is 2.58 bits per heavy atom. The molecule has 0 radical (unpaired) electrons. The van der Waals surface area contributed by atoms with Crippen LogP contribution >= 0.6 is 23.6 Å². The minimum atomic E-state index is 0.103. The van der Waals surface area contributed by atoms with Crippen LogP contribution < -0.4 is 15.4 Å². The van der Waals surface area contributed by atoms with Crippen LogP contribution in [0.3, 0.4) is 0 Å². The van der Waals surface area contributed by atoms with Crippen LogP contribution in [0.1, 0.15) is 52.0 Å². The molecule has 2 N–H and O–H groups in total. The van der Waals surface area contributed by atoms with E-state index in [0.717, 1.165) is 23.0 Å². The number of piperidine rings is 1. The number of likely N-dealkylation sites (tertiary alicyclic amines) is 1. The lowest BCUT2D eigenvalue weighted by Gasteiger charge is -2.33. The first-order chi connectivity index (χ1) is 15.9. The SMILES string of the molecule is CC(C)CN1CCC(c2csc3ccc(NC(=S)Nc4ccccc4OC(C)C)cc23)CC1. The van der Waals surface area contributed by atoms with Gasteiger partial charge in [0.05, 0.1) is 11.8 Å². The van der Waals surface area contributed by atoms with Gasteiger partial charge in [0.1, 0.15) is 5.75 Å². The largest absolute Gasteiger partial charge is 0.489 e. The number of nitrogens with zero attached hydrogens (tertiary/aromatic N) is 1. The summed E-state index contributed by atoms with van der Waals surface area (Å²) in [6, 6.07) is 14.5. The van der Waals surface area contributed by atoms with Gasteiger partial charge in [-0.3, -0.25) is 0 Å². The lowest BCUT2D eigenvalue weighted by Crippen LogP contribution is -2.35. The molecule has 1 aromatic heterocycles. The van der Waals surface area contributed by atoms with E-state index in [1.807, 2.05) is 49.4 Å². The van der Waals surface area contributed by atoms with Crippen molar-refractivity contribution in [2.75, 3.05) is 30.3 Å². The Balaban J connectivity index is 1.44. The van der Waals surface area contributed by atoms with Crippen LogP contribution in [0.25, 0.3) is 10.1 Å². The maximum atomic E-state index is 5.90. The highest BCUT2D eigenvalue weighted by Gasteiger charge is 2.23. The molecule has 0 spiro atoms. The number of rotatable bonds is 7. The Kier molecular flexibility index (Phi) is 7.89. The molecular weight excluding hydrogens is 446 g/mol. The van der Waals surface area contributed by atoms with Gasteiger partial charge in [0, 0.05) is 16.9 Å². The second-order valence-corrected chi connectivity index (χ2v) is 10.9. The van der Waals surface area contributed by atoms with E-state index in [9.17, 15) is 0 Å². The lowest BCUT2D eigenvalue weighted by atomic mass is 9.89. The molecule has 1 aliphatic rings. The molecule has 3 aromatic rings. The Bertz CT molecular complexity index is 1080. The van der Waals surface area contributed by atoms with Gasteiger partial charge in [0.15, 0.2) is 5.11 Å². The van der Waals surface area contributed by atoms with E-state index in [2.05, 4.69) is 53.0 Å². The van der Waals surface area contributed by atoms with Gasteiger partial charge >= 0.3 is 0 Å². The van der Waals surface area contributed by atoms with E-state index in [1.165, 1.54) is 48.1 Å². The summed E-state index contributed by atoms with van der Waals surface area (Å²) in [5.74, 6) is 2.18. The van der Waals surface area contributed by atoms with Gasteiger partial charge in [-0.05, 0) is 110 Å². The van der Waals surface area contributed by atoms with Gasteiger partial charge in [0.2, 0.25) is 0 Å². The molecule has 4 nitrogen and oxygen atoms in total. The predicted molar refractivity (Wildman–Crippen MR) is 147 cm³/mol. The summed E-state index contributed by atoms with van der Waals surface area (Å²) < 4.78 is 7.25. The number of hydrogen-bond donors (Lipinski definition) is 2. The van der Waals surface area contributed by atoms with E-state index in [4.69, 9.17) is 17.0 Å². The summed E-state index contributed by atoms with van der Waals surface area (Å²) >= 11 is 7.47. The highest BCUT2D eigenvalue weighted by molar-refractivity contribution is 7.80. The van der Waals surface area contributed by atoms with Crippen molar-refractivity contribution < 1.29 is 4.74 Å². The summed E-state index contributed by atoms with van der Waals surface area (Å²) in [5, 5.41) is 11.0. The van der Waals surface area contributed by atoms with Crippen LogP contribution in [0, 0.1) is 5.92 Å².